The zero-order valence-corrected chi connectivity index (χ0v) is 13.8. The van der Waals surface area contributed by atoms with Crippen molar-refractivity contribution in [2.45, 2.75) is 19.3 Å². The van der Waals surface area contributed by atoms with Crippen LogP contribution in [-0.2, 0) is 9.59 Å². The summed E-state index contributed by atoms with van der Waals surface area (Å²) in [5.74, 6) is -0.0183. The molecule has 22 heavy (non-hydrogen) atoms. The number of likely N-dealkylation sites (tertiary alicyclic amines) is 1. The summed E-state index contributed by atoms with van der Waals surface area (Å²) in [5, 5.41) is 7.84. The first-order valence-corrected chi connectivity index (χ1v) is 8.52. The molecule has 1 aromatic heterocycles. The monoisotopic (exact) mass is 337 g/mol. The van der Waals surface area contributed by atoms with Crippen LogP contribution in [0.3, 0.4) is 0 Å². The zero-order chi connectivity index (χ0) is 15.8. The molecule has 0 aromatic carbocycles. The summed E-state index contributed by atoms with van der Waals surface area (Å²) in [6.45, 7) is 2.23. The molecule has 1 saturated heterocycles. The number of amides is 2. The first-order chi connectivity index (χ1) is 10.6. The number of nitrogens with one attached hydrogen (secondary N) is 2. The SMILES string of the molecule is O=C(/C=C\c1cccs1)NC(=S)NCCCN1CCCC1=O. The van der Waals surface area contributed by atoms with Crippen molar-refractivity contribution in [2.24, 2.45) is 0 Å². The Morgan fingerprint density at radius 3 is 3.05 bits per heavy atom. The van der Waals surface area contributed by atoms with Crippen LogP contribution in [0.4, 0.5) is 0 Å². The van der Waals surface area contributed by atoms with E-state index in [1.165, 1.54) is 6.08 Å². The summed E-state index contributed by atoms with van der Waals surface area (Å²) in [6, 6.07) is 3.87. The van der Waals surface area contributed by atoms with Crippen LogP contribution in [0.2, 0.25) is 0 Å². The Bertz CT molecular complexity index is 555. The molecule has 1 aliphatic rings. The molecule has 0 saturated carbocycles. The third-order valence-electron chi connectivity index (χ3n) is 3.24. The Morgan fingerprint density at radius 1 is 1.50 bits per heavy atom. The van der Waals surface area contributed by atoms with E-state index >= 15 is 0 Å². The van der Waals surface area contributed by atoms with E-state index < -0.39 is 0 Å². The summed E-state index contributed by atoms with van der Waals surface area (Å²) in [7, 11) is 0. The molecular weight excluding hydrogens is 318 g/mol. The lowest BCUT2D eigenvalue weighted by atomic mass is 10.4. The smallest absolute Gasteiger partial charge is 0.250 e. The maximum atomic E-state index is 11.7. The summed E-state index contributed by atoms with van der Waals surface area (Å²) in [4.78, 5) is 26.0. The number of thiocarbonyl (C=S) groups is 1. The molecule has 1 aliphatic heterocycles. The molecule has 7 heteroatoms. The Hall–Kier alpha value is -1.73. The molecule has 0 atom stereocenters. The van der Waals surface area contributed by atoms with E-state index in [0.29, 0.717) is 18.1 Å². The molecule has 118 valence electrons. The Morgan fingerprint density at radius 2 is 2.36 bits per heavy atom. The van der Waals surface area contributed by atoms with Crippen LogP contribution < -0.4 is 10.6 Å². The molecule has 1 fully saturated rings. The van der Waals surface area contributed by atoms with Gasteiger partial charge in [0.25, 0.3) is 0 Å². The minimum atomic E-state index is -0.249. The third kappa shape index (κ3) is 5.57. The average molecular weight is 337 g/mol. The molecule has 5 nitrogen and oxygen atoms in total. The van der Waals surface area contributed by atoms with Gasteiger partial charge in [-0.3, -0.25) is 14.9 Å². The van der Waals surface area contributed by atoms with Crippen molar-refractivity contribution >= 4 is 46.6 Å². The van der Waals surface area contributed by atoms with Gasteiger partial charge in [0.05, 0.1) is 0 Å². The molecular formula is C15H19N3O2S2. The van der Waals surface area contributed by atoms with Crippen molar-refractivity contribution in [2.75, 3.05) is 19.6 Å². The van der Waals surface area contributed by atoms with Crippen molar-refractivity contribution in [3.63, 3.8) is 0 Å². The minimum absolute atomic E-state index is 0.231. The number of rotatable bonds is 6. The van der Waals surface area contributed by atoms with Gasteiger partial charge >= 0.3 is 0 Å². The Kier molecular flexibility index (Phi) is 6.54. The summed E-state index contributed by atoms with van der Waals surface area (Å²) < 4.78 is 0. The molecule has 0 aliphatic carbocycles. The lowest BCUT2D eigenvalue weighted by molar-refractivity contribution is -0.127. The van der Waals surface area contributed by atoms with Crippen LogP contribution >= 0.6 is 23.6 Å². The molecule has 2 amide bonds. The highest BCUT2D eigenvalue weighted by Gasteiger charge is 2.18. The van der Waals surface area contributed by atoms with Gasteiger partial charge in [-0.25, -0.2) is 0 Å². The predicted molar refractivity (Wildman–Crippen MR) is 92.5 cm³/mol. The van der Waals surface area contributed by atoms with Crippen LogP contribution in [0.25, 0.3) is 6.08 Å². The van der Waals surface area contributed by atoms with Crippen LogP contribution in [0.1, 0.15) is 24.1 Å². The number of carbonyl (C=O) groups excluding carboxylic acids is 2. The van der Waals surface area contributed by atoms with Crippen molar-refractivity contribution in [1.29, 1.82) is 0 Å². The van der Waals surface area contributed by atoms with Crippen LogP contribution in [0.15, 0.2) is 23.6 Å². The first-order valence-electron chi connectivity index (χ1n) is 7.23. The lowest BCUT2D eigenvalue weighted by Crippen LogP contribution is -2.39. The third-order valence-corrected chi connectivity index (χ3v) is 4.32. The van der Waals surface area contributed by atoms with Gasteiger partial charge in [-0.05, 0) is 42.6 Å². The molecule has 2 N–H and O–H groups in total. The molecule has 0 unspecified atom stereocenters. The van der Waals surface area contributed by atoms with Gasteiger partial charge in [0.2, 0.25) is 11.8 Å². The molecule has 2 rings (SSSR count). The topological polar surface area (TPSA) is 61.4 Å². The average Bonchev–Trinajstić information content (AvgIpc) is 3.13. The maximum Gasteiger partial charge on any atom is 0.250 e. The Balaban J connectivity index is 1.59. The normalized spacial score (nSPS) is 14.5. The van der Waals surface area contributed by atoms with Gasteiger partial charge in [0.15, 0.2) is 5.11 Å². The van der Waals surface area contributed by atoms with E-state index in [-0.39, 0.29) is 11.8 Å². The minimum Gasteiger partial charge on any atom is -0.362 e. The van der Waals surface area contributed by atoms with E-state index in [4.69, 9.17) is 12.2 Å². The van der Waals surface area contributed by atoms with Crippen molar-refractivity contribution in [1.82, 2.24) is 15.5 Å². The largest absolute Gasteiger partial charge is 0.362 e. The molecule has 2 heterocycles. The van der Waals surface area contributed by atoms with E-state index in [9.17, 15) is 9.59 Å². The number of hydrogen-bond acceptors (Lipinski definition) is 4. The van der Waals surface area contributed by atoms with Gasteiger partial charge < -0.3 is 10.2 Å². The van der Waals surface area contributed by atoms with Crippen molar-refractivity contribution in [3.05, 3.63) is 28.5 Å². The lowest BCUT2D eigenvalue weighted by Gasteiger charge is -2.15. The Labute approximate surface area is 139 Å². The van der Waals surface area contributed by atoms with E-state index in [1.807, 2.05) is 22.4 Å². The van der Waals surface area contributed by atoms with Gasteiger partial charge in [0, 0.05) is 37.0 Å². The van der Waals surface area contributed by atoms with Gasteiger partial charge in [-0.2, -0.15) is 0 Å². The van der Waals surface area contributed by atoms with Gasteiger partial charge in [-0.15, -0.1) is 11.3 Å². The molecule has 0 radical (unpaired) electrons. The van der Waals surface area contributed by atoms with Crippen LogP contribution in [0, 0.1) is 0 Å². The fraction of sp³-hybridized carbons (Fsp3) is 0.400. The fourth-order valence-corrected chi connectivity index (χ4v) is 2.97. The highest BCUT2D eigenvalue weighted by molar-refractivity contribution is 7.80. The van der Waals surface area contributed by atoms with Crippen LogP contribution in [-0.4, -0.2) is 41.5 Å². The summed E-state index contributed by atoms with van der Waals surface area (Å²) >= 11 is 6.63. The van der Waals surface area contributed by atoms with Crippen LogP contribution in [0.5, 0.6) is 0 Å². The highest BCUT2D eigenvalue weighted by Crippen LogP contribution is 2.10. The standard InChI is InChI=1S/C15H19N3O2S2/c19-13(7-6-12-4-2-11-22-12)17-15(21)16-8-3-10-18-9-1-5-14(18)20/h2,4,6-7,11H,1,3,5,8-10H2,(H2,16,17,19,21)/b7-6-. The van der Waals surface area contributed by atoms with E-state index in [0.717, 1.165) is 30.8 Å². The number of hydrogen-bond donors (Lipinski definition) is 2. The van der Waals surface area contributed by atoms with E-state index in [1.54, 1.807) is 17.4 Å². The zero-order valence-electron chi connectivity index (χ0n) is 12.2. The predicted octanol–water partition coefficient (Wildman–Crippen LogP) is 1.76. The van der Waals surface area contributed by atoms with Crippen molar-refractivity contribution < 1.29 is 9.59 Å². The first kappa shape index (κ1) is 16.6. The van der Waals surface area contributed by atoms with Gasteiger partial charge in [-0.1, -0.05) is 6.07 Å². The molecule has 0 bridgehead atoms. The second-order valence-corrected chi connectivity index (χ2v) is 6.32. The maximum absolute atomic E-state index is 11.7. The van der Waals surface area contributed by atoms with E-state index in [2.05, 4.69) is 10.6 Å². The number of thiophene rings is 1. The number of carbonyl (C=O) groups is 2. The van der Waals surface area contributed by atoms with Crippen molar-refractivity contribution in [3.8, 4) is 0 Å². The highest BCUT2D eigenvalue weighted by atomic mass is 32.1. The molecule has 0 spiro atoms. The quantitative estimate of drug-likeness (QED) is 0.472. The fourth-order valence-electron chi connectivity index (χ4n) is 2.15. The molecule has 1 aromatic rings. The second kappa shape index (κ2) is 8.65. The second-order valence-electron chi connectivity index (χ2n) is 4.93. The van der Waals surface area contributed by atoms with Gasteiger partial charge in [0.1, 0.15) is 0 Å². The summed E-state index contributed by atoms with van der Waals surface area (Å²) in [6.07, 6.45) is 5.65. The summed E-state index contributed by atoms with van der Waals surface area (Å²) in [5.41, 5.74) is 0. The number of nitrogens with zero attached hydrogens (tertiary/aromatic N) is 1.